The molecular weight excluding hydrogens is 361 g/mol. The Morgan fingerprint density at radius 2 is 0.600 bits per heavy atom. The average molecular weight is 425 g/mol. The van der Waals surface area contributed by atoms with E-state index in [0.29, 0.717) is 0 Å². The van der Waals surface area contributed by atoms with Crippen molar-refractivity contribution in [1.29, 1.82) is 0 Å². The third-order valence-electron chi connectivity index (χ3n) is 6.84. The predicted molar refractivity (Wildman–Crippen MR) is 144 cm³/mol. The van der Waals surface area contributed by atoms with Crippen molar-refractivity contribution in [2.24, 2.45) is 0 Å². The molecule has 0 unspecified atom stereocenters. The summed E-state index contributed by atoms with van der Waals surface area (Å²) in [7, 11) is 0. The van der Waals surface area contributed by atoms with Gasteiger partial charge >= 0.3 is 0 Å². The molecule has 0 heterocycles. The Bertz CT molecular complexity index is 248. The molecule has 0 aliphatic heterocycles. The van der Waals surface area contributed by atoms with E-state index in [9.17, 15) is 0 Å². The van der Waals surface area contributed by atoms with Crippen LogP contribution in [0.4, 0.5) is 0 Å². The molecule has 0 aliphatic carbocycles. The molecular formula is C28H63BN. The van der Waals surface area contributed by atoms with Gasteiger partial charge in [-0.15, -0.1) is 6.71 Å². The molecule has 0 N–H and O–H groups in total. The van der Waals surface area contributed by atoms with Crippen LogP contribution >= 0.6 is 0 Å². The van der Waals surface area contributed by atoms with Crippen molar-refractivity contribution < 1.29 is 4.48 Å². The van der Waals surface area contributed by atoms with E-state index in [1.165, 1.54) is 140 Å². The second-order valence-corrected chi connectivity index (χ2v) is 9.94. The van der Waals surface area contributed by atoms with Crippen LogP contribution in [0, 0.1) is 0 Å². The van der Waals surface area contributed by atoms with Gasteiger partial charge in [-0.1, -0.05) is 113 Å². The molecule has 0 saturated carbocycles. The first-order valence-corrected chi connectivity index (χ1v) is 14.4. The van der Waals surface area contributed by atoms with E-state index in [4.69, 9.17) is 0 Å². The van der Waals surface area contributed by atoms with Crippen LogP contribution in [-0.4, -0.2) is 37.4 Å². The molecule has 0 aromatic rings. The van der Waals surface area contributed by atoms with E-state index in [1.54, 1.807) is 0 Å². The van der Waals surface area contributed by atoms with E-state index in [2.05, 4.69) is 48.5 Å². The quantitative estimate of drug-likeness (QED) is 0.127. The average Bonchev–Trinajstić information content (AvgIpc) is 2.78. The number of nitrogens with zero attached hydrogens (tertiary/aromatic N) is 1. The molecule has 0 aromatic carbocycles. The van der Waals surface area contributed by atoms with Gasteiger partial charge in [0.05, 0.1) is 26.2 Å². The van der Waals surface area contributed by atoms with Crippen molar-refractivity contribution in [3.8, 4) is 0 Å². The van der Waals surface area contributed by atoms with E-state index >= 15 is 0 Å². The highest BCUT2D eigenvalue weighted by atomic mass is 15.3. The van der Waals surface area contributed by atoms with Gasteiger partial charge in [-0.25, -0.2) is 19.0 Å². The van der Waals surface area contributed by atoms with Crippen molar-refractivity contribution in [2.75, 3.05) is 26.2 Å². The van der Waals surface area contributed by atoms with Crippen LogP contribution in [0.3, 0.4) is 0 Å². The highest BCUT2D eigenvalue weighted by molar-refractivity contribution is 6.58. The van der Waals surface area contributed by atoms with Crippen molar-refractivity contribution in [3.05, 3.63) is 0 Å². The standard InChI is InChI=1S/C16H36N.C12H27B/c1-5-9-13-17(14-10-6-2,15-11-7-3)16-12-8-4;1-4-7-10-13(11-8-5-2)12-9-6-3/h5-16H2,1-4H3;4-12H2,1-3H3/q+1;-1. The number of unbranched alkanes of at least 4 members (excludes halogenated alkanes) is 7. The molecule has 183 valence electrons. The normalized spacial score (nSPS) is 11.6. The summed E-state index contributed by atoms with van der Waals surface area (Å²) in [5.41, 5.74) is 0. The first-order chi connectivity index (χ1) is 14.6. The molecule has 0 aromatic heterocycles. The summed E-state index contributed by atoms with van der Waals surface area (Å²) in [4.78, 5) is 0. The van der Waals surface area contributed by atoms with Gasteiger partial charge in [0.2, 0.25) is 0 Å². The zero-order valence-electron chi connectivity index (χ0n) is 22.9. The van der Waals surface area contributed by atoms with Crippen LogP contribution in [0.2, 0.25) is 19.0 Å². The van der Waals surface area contributed by atoms with E-state index in [0.717, 1.165) is 6.71 Å². The maximum absolute atomic E-state index is 2.33. The van der Waals surface area contributed by atoms with Gasteiger partial charge in [-0.2, -0.15) is 0 Å². The molecule has 1 radical (unpaired) electrons. The van der Waals surface area contributed by atoms with Crippen LogP contribution in [-0.2, 0) is 0 Å². The lowest BCUT2D eigenvalue weighted by atomic mass is 9.41. The van der Waals surface area contributed by atoms with Crippen LogP contribution in [0.5, 0.6) is 0 Å². The maximum atomic E-state index is 2.33. The molecule has 0 spiro atoms. The summed E-state index contributed by atoms with van der Waals surface area (Å²) in [6.07, 6.45) is 23.9. The van der Waals surface area contributed by atoms with Crippen molar-refractivity contribution in [1.82, 2.24) is 0 Å². The molecule has 0 amide bonds. The lowest BCUT2D eigenvalue weighted by Crippen LogP contribution is -2.50. The lowest BCUT2D eigenvalue weighted by Gasteiger charge is -2.39. The maximum Gasteiger partial charge on any atom is 0.0786 e. The molecule has 1 nitrogen and oxygen atoms in total. The van der Waals surface area contributed by atoms with Crippen molar-refractivity contribution in [2.45, 2.75) is 157 Å². The van der Waals surface area contributed by atoms with Crippen LogP contribution in [0.25, 0.3) is 0 Å². The van der Waals surface area contributed by atoms with Gasteiger partial charge < -0.3 is 4.48 Å². The fraction of sp³-hybridized carbons (Fsp3) is 1.00. The zero-order valence-corrected chi connectivity index (χ0v) is 22.9. The highest BCUT2D eigenvalue weighted by Gasteiger charge is 2.24. The first kappa shape index (κ1) is 32.2. The van der Waals surface area contributed by atoms with Crippen LogP contribution in [0.15, 0.2) is 0 Å². The molecule has 0 saturated heterocycles. The summed E-state index contributed by atoms with van der Waals surface area (Å²) in [5, 5.41) is 0. The summed E-state index contributed by atoms with van der Waals surface area (Å²) in [6.45, 7) is 23.0. The topological polar surface area (TPSA) is 0 Å². The predicted octanol–water partition coefficient (Wildman–Crippen LogP) is 9.89. The van der Waals surface area contributed by atoms with E-state index in [-0.39, 0.29) is 0 Å². The minimum Gasteiger partial charge on any atom is -0.324 e. The molecule has 0 rings (SSSR count). The Labute approximate surface area is 194 Å². The second kappa shape index (κ2) is 25.3. The Balaban J connectivity index is 0. The Morgan fingerprint density at radius 1 is 0.367 bits per heavy atom. The lowest BCUT2D eigenvalue weighted by molar-refractivity contribution is -0.929. The number of hydrogen-bond donors (Lipinski definition) is 0. The van der Waals surface area contributed by atoms with Crippen molar-refractivity contribution in [3.63, 3.8) is 0 Å². The third kappa shape index (κ3) is 20.0. The fourth-order valence-corrected chi connectivity index (χ4v) is 4.56. The summed E-state index contributed by atoms with van der Waals surface area (Å²) in [5.74, 6) is 0. The van der Waals surface area contributed by atoms with Gasteiger partial charge in [-0.3, -0.25) is 0 Å². The largest absolute Gasteiger partial charge is 0.324 e. The van der Waals surface area contributed by atoms with Gasteiger partial charge in [0.15, 0.2) is 0 Å². The minimum absolute atomic E-state index is 1.04. The number of rotatable bonds is 21. The third-order valence-corrected chi connectivity index (χ3v) is 6.84. The zero-order chi connectivity index (χ0) is 22.9. The monoisotopic (exact) mass is 425 g/mol. The molecule has 0 bridgehead atoms. The van der Waals surface area contributed by atoms with Crippen LogP contribution in [0.1, 0.15) is 138 Å². The van der Waals surface area contributed by atoms with Gasteiger partial charge in [0.1, 0.15) is 0 Å². The second-order valence-electron chi connectivity index (χ2n) is 9.94. The summed E-state index contributed by atoms with van der Waals surface area (Å²) in [6, 6.07) is 0. The van der Waals surface area contributed by atoms with E-state index < -0.39 is 0 Å². The summed E-state index contributed by atoms with van der Waals surface area (Å²) >= 11 is 0. The number of quaternary nitrogens is 1. The Hall–Kier alpha value is 0.0249. The fourth-order valence-electron chi connectivity index (χ4n) is 4.56. The molecule has 30 heavy (non-hydrogen) atoms. The summed E-state index contributed by atoms with van der Waals surface area (Å²) < 4.78 is 1.42. The van der Waals surface area contributed by atoms with Crippen molar-refractivity contribution >= 4 is 6.71 Å². The SMILES string of the molecule is CCCC[B-](CCCC)CCCC.CCCC[N+](CCCC)(CCCC)CCCC. The highest BCUT2D eigenvalue weighted by Crippen LogP contribution is 2.17. The smallest absolute Gasteiger partial charge is 0.0786 e. The minimum atomic E-state index is 1.04. The Kier molecular flexibility index (Phi) is 27.1. The Morgan fingerprint density at radius 3 is 0.800 bits per heavy atom. The number of hydrogen-bond acceptors (Lipinski definition) is 0. The molecule has 0 atom stereocenters. The first-order valence-electron chi connectivity index (χ1n) is 14.4. The van der Waals surface area contributed by atoms with E-state index in [1.807, 2.05) is 0 Å². The van der Waals surface area contributed by atoms with Gasteiger partial charge in [0.25, 0.3) is 0 Å². The van der Waals surface area contributed by atoms with Crippen LogP contribution < -0.4 is 0 Å². The van der Waals surface area contributed by atoms with Gasteiger partial charge in [-0.05, 0) is 25.7 Å². The molecule has 2 heteroatoms. The molecule has 0 aliphatic rings. The van der Waals surface area contributed by atoms with Gasteiger partial charge in [0, 0.05) is 0 Å². The molecule has 0 fully saturated rings.